The number of rotatable bonds is 6. The highest BCUT2D eigenvalue weighted by atomic mass is 35.5. The number of amides is 1. The first-order chi connectivity index (χ1) is 16.0. The van der Waals surface area contributed by atoms with Crippen LogP contribution in [0.2, 0.25) is 5.02 Å². The molecule has 0 unspecified atom stereocenters. The molecule has 5 rings (SSSR count). The van der Waals surface area contributed by atoms with E-state index >= 15 is 0 Å². The number of hydrogen-bond donors (Lipinski definition) is 1. The summed E-state index contributed by atoms with van der Waals surface area (Å²) in [5, 5.41) is 4.14. The fourth-order valence-corrected chi connectivity index (χ4v) is 6.06. The molecule has 0 bridgehead atoms. The molecule has 0 aromatic heterocycles. The first-order valence-electron chi connectivity index (χ1n) is 12.3. The normalized spacial score (nSPS) is 23.6. The molecule has 3 atom stereocenters. The minimum Gasteiger partial charge on any atom is -0.345 e. The lowest BCUT2D eigenvalue weighted by atomic mass is 9.80. The van der Waals surface area contributed by atoms with Gasteiger partial charge < -0.3 is 5.32 Å². The van der Waals surface area contributed by atoms with Crippen LogP contribution in [0.15, 0.2) is 78.9 Å². The maximum atomic E-state index is 13.4. The maximum absolute atomic E-state index is 13.4. The standard InChI is InChI=1S/C30H32ClNO/c1-30(20-27(30)23-10-6-3-7-11-23)28(24-16-18-26(31)19-17-24)32-29(33)25-14-12-22(13-15-25)21-8-4-2-5-9-21/h2,4-5,8-9,12-19,23,27-28H,3,6-7,10-11,20H2,1H3,(H,32,33)/t27-,28-,30+/m0/s1. The minimum absolute atomic E-state index is 0.00918. The van der Waals surface area contributed by atoms with Crippen molar-refractivity contribution in [1.29, 1.82) is 0 Å². The second kappa shape index (κ2) is 9.35. The third-order valence-electron chi connectivity index (χ3n) is 7.96. The van der Waals surface area contributed by atoms with E-state index in [9.17, 15) is 4.79 Å². The Kier molecular flexibility index (Phi) is 6.29. The fourth-order valence-electron chi connectivity index (χ4n) is 5.93. The predicted octanol–water partition coefficient (Wildman–Crippen LogP) is 8.08. The van der Waals surface area contributed by atoms with Gasteiger partial charge in [-0.3, -0.25) is 4.79 Å². The van der Waals surface area contributed by atoms with Gasteiger partial charge in [-0.25, -0.2) is 0 Å². The van der Waals surface area contributed by atoms with Gasteiger partial charge in [-0.1, -0.05) is 105 Å². The summed E-state index contributed by atoms with van der Waals surface area (Å²) in [5.41, 5.74) is 4.22. The highest BCUT2D eigenvalue weighted by Gasteiger charge is 2.58. The lowest BCUT2D eigenvalue weighted by molar-refractivity contribution is 0.0911. The van der Waals surface area contributed by atoms with E-state index in [0.29, 0.717) is 11.5 Å². The second-order valence-electron chi connectivity index (χ2n) is 10.1. The van der Waals surface area contributed by atoms with Crippen molar-refractivity contribution in [2.45, 2.75) is 51.5 Å². The molecule has 2 saturated carbocycles. The molecule has 0 aliphatic heterocycles. The molecule has 2 aliphatic carbocycles. The zero-order chi connectivity index (χ0) is 22.8. The molecule has 1 N–H and O–H groups in total. The summed E-state index contributed by atoms with van der Waals surface area (Å²) in [6.45, 7) is 2.37. The van der Waals surface area contributed by atoms with Crippen molar-refractivity contribution in [3.63, 3.8) is 0 Å². The molecule has 3 heteroatoms. The Hall–Kier alpha value is -2.58. The molecule has 2 nitrogen and oxygen atoms in total. The number of nitrogens with one attached hydrogen (secondary N) is 1. The lowest BCUT2D eigenvalue weighted by Gasteiger charge is -2.30. The van der Waals surface area contributed by atoms with Gasteiger partial charge in [0.05, 0.1) is 6.04 Å². The van der Waals surface area contributed by atoms with Gasteiger partial charge in [-0.2, -0.15) is 0 Å². The third-order valence-corrected chi connectivity index (χ3v) is 8.21. The summed E-state index contributed by atoms with van der Waals surface area (Å²) in [5.74, 6) is 1.46. The Morgan fingerprint density at radius 1 is 0.879 bits per heavy atom. The van der Waals surface area contributed by atoms with Crippen LogP contribution in [0, 0.1) is 17.3 Å². The number of benzene rings is 3. The van der Waals surface area contributed by atoms with Crippen molar-refractivity contribution in [1.82, 2.24) is 5.32 Å². The van der Waals surface area contributed by atoms with E-state index in [0.717, 1.165) is 27.6 Å². The quantitative estimate of drug-likeness (QED) is 0.398. The van der Waals surface area contributed by atoms with Crippen molar-refractivity contribution >= 4 is 17.5 Å². The van der Waals surface area contributed by atoms with E-state index in [1.807, 2.05) is 54.6 Å². The van der Waals surface area contributed by atoms with Gasteiger partial charge in [0, 0.05) is 10.6 Å². The smallest absolute Gasteiger partial charge is 0.251 e. The van der Waals surface area contributed by atoms with E-state index in [-0.39, 0.29) is 17.4 Å². The van der Waals surface area contributed by atoms with Gasteiger partial charge in [-0.15, -0.1) is 0 Å². The first kappa shape index (κ1) is 22.2. The van der Waals surface area contributed by atoms with Crippen LogP contribution in [0.5, 0.6) is 0 Å². The van der Waals surface area contributed by atoms with Gasteiger partial charge in [0.25, 0.3) is 5.91 Å². The number of carbonyl (C=O) groups is 1. The van der Waals surface area contributed by atoms with Gasteiger partial charge in [0.15, 0.2) is 0 Å². The molecular weight excluding hydrogens is 426 g/mol. The van der Waals surface area contributed by atoms with Crippen LogP contribution in [0.4, 0.5) is 0 Å². The minimum atomic E-state index is -0.0111. The summed E-state index contributed by atoms with van der Waals surface area (Å²) in [6, 6.07) is 26.2. The van der Waals surface area contributed by atoms with Gasteiger partial charge in [-0.05, 0) is 64.6 Å². The Bertz CT molecular complexity index is 1090. The Balaban J connectivity index is 1.37. The van der Waals surface area contributed by atoms with E-state index < -0.39 is 0 Å². The summed E-state index contributed by atoms with van der Waals surface area (Å²) in [6.07, 6.45) is 7.92. The SMILES string of the molecule is C[C@@]1([C@@H](NC(=O)c2ccc(-c3ccccc3)cc2)c2ccc(Cl)cc2)C[C@H]1C1CCCCC1. The highest BCUT2D eigenvalue weighted by molar-refractivity contribution is 6.30. The van der Waals surface area contributed by atoms with Crippen LogP contribution in [0.3, 0.4) is 0 Å². The van der Waals surface area contributed by atoms with Crippen molar-refractivity contribution in [2.24, 2.45) is 17.3 Å². The van der Waals surface area contributed by atoms with Crippen molar-refractivity contribution < 1.29 is 4.79 Å². The molecule has 0 saturated heterocycles. The monoisotopic (exact) mass is 457 g/mol. The zero-order valence-corrected chi connectivity index (χ0v) is 20.0. The molecule has 170 valence electrons. The van der Waals surface area contributed by atoms with E-state index in [4.69, 9.17) is 11.6 Å². The molecule has 3 aromatic carbocycles. The third kappa shape index (κ3) is 4.73. The van der Waals surface area contributed by atoms with Crippen LogP contribution in [0.25, 0.3) is 11.1 Å². The Morgan fingerprint density at radius 2 is 1.52 bits per heavy atom. The number of carbonyl (C=O) groups excluding carboxylic acids is 1. The maximum Gasteiger partial charge on any atom is 0.251 e. The fraction of sp³-hybridized carbons (Fsp3) is 0.367. The largest absolute Gasteiger partial charge is 0.345 e. The van der Waals surface area contributed by atoms with Crippen LogP contribution in [0.1, 0.15) is 67.4 Å². The molecule has 1 amide bonds. The summed E-state index contributed by atoms with van der Waals surface area (Å²) in [4.78, 5) is 13.4. The van der Waals surface area contributed by atoms with Crippen LogP contribution in [-0.2, 0) is 0 Å². The predicted molar refractivity (Wildman–Crippen MR) is 136 cm³/mol. The second-order valence-corrected chi connectivity index (χ2v) is 10.6. The average Bonchev–Trinajstić information content (AvgIpc) is 3.56. The van der Waals surface area contributed by atoms with Gasteiger partial charge >= 0.3 is 0 Å². The van der Waals surface area contributed by atoms with Crippen LogP contribution < -0.4 is 5.32 Å². The van der Waals surface area contributed by atoms with E-state index in [1.54, 1.807) is 0 Å². The molecule has 0 heterocycles. The Morgan fingerprint density at radius 3 is 2.18 bits per heavy atom. The van der Waals surface area contributed by atoms with Gasteiger partial charge in [0.2, 0.25) is 0 Å². The molecule has 0 spiro atoms. The number of hydrogen-bond acceptors (Lipinski definition) is 1. The molecule has 0 radical (unpaired) electrons. The Labute approximate surface area is 202 Å². The van der Waals surface area contributed by atoms with E-state index in [1.165, 1.54) is 38.5 Å². The van der Waals surface area contributed by atoms with Crippen molar-refractivity contribution in [2.75, 3.05) is 0 Å². The van der Waals surface area contributed by atoms with E-state index in [2.05, 4.69) is 36.5 Å². The molecule has 3 aromatic rings. The highest BCUT2D eigenvalue weighted by Crippen LogP contribution is 2.65. The topological polar surface area (TPSA) is 29.1 Å². The molecule has 33 heavy (non-hydrogen) atoms. The lowest BCUT2D eigenvalue weighted by Crippen LogP contribution is -2.35. The molecule has 2 fully saturated rings. The van der Waals surface area contributed by atoms with Crippen molar-refractivity contribution in [3.8, 4) is 11.1 Å². The summed E-state index contributed by atoms with van der Waals surface area (Å²) < 4.78 is 0. The van der Waals surface area contributed by atoms with Crippen molar-refractivity contribution in [3.05, 3.63) is 95.0 Å². The molecular formula is C30H32ClNO. The average molecular weight is 458 g/mol. The molecule has 2 aliphatic rings. The van der Waals surface area contributed by atoms with Crippen LogP contribution >= 0.6 is 11.6 Å². The summed E-state index contributed by atoms with van der Waals surface area (Å²) >= 11 is 6.18. The van der Waals surface area contributed by atoms with Crippen LogP contribution in [-0.4, -0.2) is 5.91 Å². The number of halogens is 1. The first-order valence-corrected chi connectivity index (χ1v) is 12.6. The van der Waals surface area contributed by atoms with Gasteiger partial charge in [0.1, 0.15) is 0 Å². The zero-order valence-electron chi connectivity index (χ0n) is 19.3. The summed E-state index contributed by atoms with van der Waals surface area (Å²) in [7, 11) is 0.